The molecule has 0 bridgehead atoms. The molecular weight excluding hydrogens is 304 g/mol. The summed E-state index contributed by atoms with van der Waals surface area (Å²) in [5, 5.41) is 8.36. The summed E-state index contributed by atoms with van der Waals surface area (Å²) < 4.78 is 6.93. The van der Waals surface area contributed by atoms with Crippen molar-refractivity contribution in [2.45, 2.75) is 19.3 Å². The smallest absolute Gasteiger partial charge is 0.274 e. The lowest BCUT2D eigenvalue weighted by Crippen LogP contribution is -2.18. The fourth-order valence-corrected chi connectivity index (χ4v) is 3.34. The van der Waals surface area contributed by atoms with Crippen molar-refractivity contribution in [1.29, 1.82) is 0 Å². The first-order valence-electron chi connectivity index (χ1n) is 7.97. The van der Waals surface area contributed by atoms with E-state index in [1.54, 1.807) is 17.9 Å². The number of anilines is 1. The SMILES string of the molecule is COc1cc(NC(=O)c2c3c(nn2C)CCC3)c2ccccc2n1. The van der Waals surface area contributed by atoms with E-state index in [2.05, 4.69) is 15.4 Å². The third kappa shape index (κ3) is 2.31. The van der Waals surface area contributed by atoms with Crippen LogP contribution in [0.1, 0.15) is 28.2 Å². The van der Waals surface area contributed by atoms with Gasteiger partial charge in [0.05, 0.1) is 24.0 Å². The number of fused-ring (bicyclic) bond motifs is 2. The summed E-state index contributed by atoms with van der Waals surface area (Å²) in [5.41, 5.74) is 4.22. The Morgan fingerprint density at radius 1 is 1.29 bits per heavy atom. The van der Waals surface area contributed by atoms with E-state index in [9.17, 15) is 4.79 Å². The van der Waals surface area contributed by atoms with E-state index in [0.29, 0.717) is 17.3 Å². The van der Waals surface area contributed by atoms with Gasteiger partial charge in [0.1, 0.15) is 5.69 Å². The molecule has 3 aromatic rings. The number of carbonyl (C=O) groups is 1. The first kappa shape index (κ1) is 14.7. The van der Waals surface area contributed by atoms with Gasteiger partial charge in [0.15, 0.2) is 0 Å². The minimum Gasteiger partial charge on any atom is -0.481 e. The predicted molar refractivity (Wildman–Crippen MR) is 91.5 cm³/mol. The molecule has 1 N–H and O–H groups in total. The van der Waals surface area contributed by atoms with Crippen molar-refractivity contribution >= 4 is 22.5 Å². The molecule has 0 unspecified atom stereocenters. The molecule has 0 spiro atoms. The van der Waals surface area contributed by atoms with Crippen LogP contribution in [-0.2, 0) is 19.9 Å². The Hall–Kier alpha value is -2.89. The molecular formula is C18H18N4O2. The number of hydrogen-bond acceptors (Lipinski definition) is 4. The molecule has 0 saturated heterocycles. The van der Waals surface area contributed by atoms with E-state index in [0.717, 1.165) is 41.4 Å². The van der Waals surface area contributed by atoms with Crippen LogP contribution >= 0.6 is 0 Å². The zero-order valence-corrected chi connectivity index (χ0v) is 13.7. The number of rotatable bonds is 3. The van der Waals surface area contributed by atoms with E-state index in [4.69, 9.17) is 4.74 Å². The molecule has 1 aromatic carbocycles. The van der Waals surface area contributed by atoms with Gasteiger partial charge in [-0.15, -0.1) is 0 Å². The first-order valence-corrected chi connectivity index (χ1v) is 7.97. The third-order valence-electron chi connectivity index (χ3n) is 4.43. The molecule has 4 rings (SSSR count). The first-order chi connectivity index (χ1) is 11.7. The molecule has 0 fully saturated rings. The second-order valence-electron chi connectivity index (χ2n) is 5.93. The van der Waals surface area contributed by atoms with Gasteiger partial charge in [0.25, 0.3) is 5.91 Å². The minimum atomic E-state index is -0.147. The van der Waals surface area contributed by atoms with Crippen LogP contribution in [0.5, 0.6) is 5.88 Å². The molecule has 1 amide bonds. The fraction of sp³-hybridized carbons (Fsp3) is 0.278. The van der Waals surface area contributed by atoms with E-state index in [1.165, 1.54) is 0 Å². The van der Waals surface area contributed by atoms with Crippen LogP contribution in [0, 0.1) is 0 Å². The van der Waals surface area contributed by atoms with Crippen LogP contribution in [0.25, 0.3) is 10.9 Å². The number of aryl methyl sites for hydroxylation is 2. The number of pyridine rings is 1. The fourth-order valence-electron chi connectivity index (χ4n) is 3.34. The summed E-state index contributed by atoms with van der Waals surface area (Å²) in [7, 11) is 3.38. The van der Waals surface area contributed by atoms with Gasteiger partial charge in [-0.05, 0) is 25.3 Å². The molecule has 1 aliphatic carbocycles. The molecule has 6 heteroatoms. The summed E-state index contributed by atoms with van der Waals surface area (Å²) in [6, 6.07) is 9.42. The zero-order chi connectivity index (χ0) is 16.7. The normalized spacial score (nSPS) is 13.1. The van der Waals surface area contributed by atoms with Crippen molar-refractivity contribution in [3.8, 4) is 5.88 Å². The quantitative estimate of drug-likeness (QED) is 0.805. The van der Waals surface area contributed by atoms with Crippen molar-refractivity contribution < 1.29 is 9.53 Å². The van der Waals surface area contributed by atoms with Gasteiger partial charge in [-0.3, -0.25) is 9.48 Å². The Balaban J connectivity index is 1.76. The summed E-state index contributed by atoms with van der Waals surface area (Å²) in [4.78, 5) is 17.3. The standard InChI is InChI=1S/C18H18N4O2/c1-22-17(12-7-5-9-14(12)21-22)18(23)20-15-10-16(24-2)19-13-8-4-3-6-11(13)15/h3-4,6,8,10H,5,7,9H2,1-2H3,(H,19,20,23). The number of nitrogens with one attached hydrogen (secondary N) is 1. The number of benzene rings is 1. The van der Waals surface area contributed by atoms with Crippen LogP contribution in [0.3, 0.4) is 0 Å². The average molecular weight is 322 g/mol. The van der Waals surface area contributed by atoms with Crippen LogP contribution in [0.2, 0.25) is 0 Å². The molecule has 1 aliphatic rings. The lowest BCUT2D eigenvalue weighted by molar-refractivity contribution is 0.101. The summed E-state index contributed by atoms with van der Waals surface area (Å²) in [6.07, 6.45) is 2.92. The maximum absolute atomic E-state index is 12.9. The summed E-state index contributed by atoms with van der Waals surface area (Å²) in [6.45, 7) is 0. The van der Waals surface area contributed by atoms with E-state index in [-0.39, 0.29) is 5.91 Å². The molecule has 122 valence electrons. The average Bonchev–Trinajstić information content (AvgIpc) is 3.14. The minimum absolute atomic E-state index is 0.147. The molecule has 0 atom stereocenters. The van der Waals surface area contributed by atoms with Crippen molar-refractivity contribution in [2.75, 3.05) is 12.4 Å². The second-order valence-corrected chi connectivity index (χ2v) is 5.93. The third-order valence-corrected chi connectivity index (χ3v) is 4.43. The molecule has 2 aromatic heterocycles. The topological polar surface area (TPSA) is 69.0 Å². The number of hydrogen-bond donors (Lipinski definition) is 1. The van der Waals surface area contributed by atoms with Gasteiger partial charge >= 0.3 is 0 Å². The van der Waals surface area contributed by atoms with E-state index in [1.807, 2.05) is 31.3 Å². The second kappa shape index (κ2) is 5.63. The molecule has 0 radical (unpaired) electrons. The molecule has 6 nitrogen and oxygen atoms in total. The van der Waals surface area contributed by atoms with Gasteiger partial charge in [-0.1, -0.05) is 18.2 Å². The largest absolute Gasteiger partial charge is 0.481 e. The highest BCUT2D eigenvalue weighted by Gasteiger charge is 2.25. The zero-order valence-electron chi connectivity index (χ0n) is 13.7. The number of methoxy groups -OCH3 is 1. The summed E-state index contributed by atoms with van der Waals surface area (Å²) in [5.74, 6) is 0.325. The number of nitrogens with zero attached hydrogens (tertiary/aromatic N) is 3. The molecule has 0 aliphatic heterocycles. The number of carbonyl (C=O) groups excluding carboxylic acids is 1. The molecule has 2 heterocycles. The predicted octanol–water partition coefficient (Wildman–Crippen LogP) is 2.72. The van der Waals surface area contributed by atoms with Crippen molar-refractivity contribution in [3.63, 3.8) is 0 Å². The van der Waals surface area contributed by atoms with Crippen molar-refractivity contribution in [3.05, 3.63) is 47.3 Å². The van der Waals surface area contributed by atoms with Crippen LogP contribution in [0.4, 0.5) is 5.69 Å². The van der Waals surface area contributed by atoms with Gasteiger partial charge in [-0.25, -0.2) is 4.98 Å². The Morgan fingerprint density at radius 2 is 2.12 bits per heavy atom. The van der Waals surface area contributed by atoms with Crippen molar-refractivity contribution in [2.24, 2.45) is 7.05 Å². The Bertz CT molecular complexity index is 946. The highest BCUT2D eigenvalue weighted by atomic mass is 16.5. The number of amides is 1. The van der Waals surface area contributed by atoms with E-state index >= 15 is 0 Å². The van der Waals surface area contributed by atoms with Gasteiger partial charge in [0, 0.05) is 24.1 Å². The number of para-hydroxylation sites is 1. The Labute approximate surface area is 139 Å². The van der Waals surface area contributed by atoms with Gasteiger partial charge in [0.2, 0.25) is 5.88 Å². The monoisotopic (exact) mass is 322 g/mol. The Kier molecular flexibility index (Phi) is 3.45. The highest BCUT2D eigenvalue weighted by molar-refractivity contribution is 6.08. The number of aromatic nitrogens is 3. The lowest BCUT2D eigenvalue weighted by atomic mass is 10.1. The maximum atomic E-state index is 12.9. The molecule has 24 heavy (non-hydrogen) atoms. The van der Waals surface area contributed by atoms with Gasteiger partial charge < -0.3 is 10.1 Å². The maximum Gasteiger partial charge on any atom is 0.274 e. The highest BCUT2D eigenvalue weighted by Crippen LogP contribution is 2.29. The summed E-state index contributed by atoms with van der Waals surface area (Å²) >= 11 is 0. The van der Waals surface area contributed by atoms with Crippen molar-refractivity contribution in [1.82, 2.24) is 14.8 Å². The lowest BCUT2D eigenvalue weighted by Gasteiger charge is -2.11. The molecule has 0 saturated carbocycles. The van der Waals surface area contributed by atoms with E-state index < -0.39 is 0 Å². The van der Waals surface area contributed by atoms with Gasteiger partial charge in [-0.2, -0.15) is 5.10 Å². The Morgan fingerprint density at radius 3 is 2.96 bits per heavy atom. The van der Waals surface area contributed by atoms with Crippen LogP contribution in [0.15, 0.2) is 30.3 Å². The van der Waals surface area contributed by atoms with Crippen LogP contribution < -0.4 is 10.1 Å². The number of ether oxygens (including phenoxy) is 1. The van der Waals surface area contributed by atoms with Crippen LogP contribution in [-0.4, -0.2) is 27.8 Å².